The number of rotatable bonds is 6. The fourth-order valence-electron chi connectivity index (χ4n) is 0.887. The van der Waals surface area contributed by atoms with Gasteiger partial charge in [0.1, 0.15) is 0 Å². The molecular weight excluding hydrogens is 142 g/mol. The van der Waals surface area contributed by atoms with E-state index in [1.807, 2.05) is 0 Å². The fourth-order valence-corrected chi connectivity index (χ4v) is 0.887. The standard InChI is InChI=1S/C8H17NO2/c1-7(6-9)4-2-3-5-8(10)11/h7H,2-6,9H2,1H3,(H,10,11)/t7-/m0/s1. The van der Waals surface area contributed by atoms with Gasteiger partial charge >= 0.3 is 5.97 Å². The summed E-state index contributed by atoms with van der Waals surface area (Å²) in [5.41, 5.74) is 5.40. The number of carbonyl (C=O) groups is 1. The predicted molar refractivity (Wildman–Crippen MR) is 44.3 cm³/mol. The van der Waals surface area contributed by atoms with Gasteiger partial charge in [-0.25, -0.2) is 0 Å². The van der Waals surface area contributed by atoms with Crippen LogP contribution in [0.1, 0.15) is 32.6 Å². The first-order valence-corrected chi connectivity index (χ1v) is 4.08. The van der Waals surface area contributed by atoms with Gasteiger partial charge in [0.2, 0.25) is 0 Å². The van der Waals surface area contributed by atoms with Crippen LogP contribution in [0.5, 0.6) is 0 Å². The summed E-state index contributed by atoms with van der Waals surface area (Å²) in [5, 5.41) is 8.31. The molecule has 3 N–H and O–H groups in total. The number of hydrogen-bond donors (Lipinski definition) is 2. The lowest BCUT2D eigenvalue weighted by molar-refractivity contribution is -0.137. The van der Waals surface area contributed by atoms with E-state index in [2.05, 4.69) is 6.92 Å². The molecule has 0 rings (SSSR count). The van der Waals surface area contributed by atoms with Crippen molar-refractivity contribution in [2.45, 2.75) is 32.6 Å². The van der Waals surface area contributed by atoms with Gasteiger partial charge in [0, 0.05) is 6.42 Å². The van der Waals surface area contributed by atoms with E-state index in [1.54, 1.807) is 0 Å². The highest BCUT2D eigenvalue weighted by molar-refractivity contribution is 5.66. The van der Waals surface area contributed by atoms with Crippen LogP contribution >= 0.6 is 0 Å². The van der Waals surface area contributed by atoms with Gasteiger partial charge in [-0.1, -0.05) is 13.3 Å². The average Bonchev–Trinajstić information content (AvgIpc) is 1.97. The maximum atomic E-state index is 10.1. The van der Waals surface area contributed by atoms with Crippen LogP contribution in [0.3, 0.4) is 0 Å². The van der Waals surface area contributed by atoms with Gasteiger partial charge in [-0.3, -0.25) is 4.79 Å². The average molecular weight is 159 g/mol. The molecule has 0 saturated carbocycles. The predicted octanol–water partition coefficient (Wildman–Crippen LogP) is 1.23. The van der Waals surface area contributed by atoms with Crippen LogP contribution in [0.4, 0.5) is 0 Å². The molecule has 0 radical (unpaired) electrons. The van der Waals surface area contributed by atoms with E-state index in [4.69, 9.17) is 10.8 Å². The van der Waals surface area contributed by atoms with E-state index in [9.17, 15) is 4.79 Å². The van der Waals surface area contributed by atoms with Crippen molar-refractivity contribution >= 4 is 5.97 Å². The molecule has 0 spiro atoms. The van der Waals surface area contributed by atoms with Gasteiger partial charge in [0.15, 0.2) is 0 Å². The first-order chi connectivity index (χ1) is 5.16. The maximum absolute atomic E-state index is 10.1. The number of carboxylic acids is 1. The molecule has 66 valence electrons. The topological polar surface area (TPSA) is 63.3 Å². The third kappa shape index (κ3) is 7.33. The summed E-state index contributed by atoms with van der Waals surface area (Å²) < 4.78 is 0. The van der Waals surface area contributed by atoms with Gasteiger partial charge in [-0.2, -0.15) is 0 Å². The van der Waals surface area contributed by atoms with E-state index in [0.717, 1.165) is 19.3 Å². The van der Waals surface area contributed by atoms with Crippen LogP contribution in [0.15, 0.2) is 0 Å². The Labute approximate surface area is 67.6 Å². The molecule has 0 amide bonds. The van der Waals surface area contributed by atoms with Crippen molar-refractivity contribution < 1.29 is 9.90 Å². The highest BCUT2D eigenvalue weighted by Gasteiger charge is 2.00. The number of aliphatic carboxylic acids is 1. The highest BCUT2D eigenvalue weighted by atomic mass is 16.4. The van der Waals surface area contributed by atoms with Crippen LogP contribution in [0, 0.1) is 5.92 Å². The van der Waals surface area contributed by atoms with Gasteiger partial charge < -0.3 is 10.8 Å². The van der Waals surface area contributed by atoms with Crippen molar-refractivity contribution in [3.8, 4) is 0 Å². The lowest BCUT2D eigenvalue weighted by Crippen LogP contribution is -2.10. The molecule has 0 unspecified atom stereocenters. The maximum Gasteiger partial charge on any atom is 0.303 e. The molecule has 0 aromatic rings. The van der Waals surface area contributed by atoms with Crippen molar-refractivity contribution in [1.82, 2.24) is 0 Å². The van der Waals surface area contributed by atoms with Crippen LogP contribution in [0.25, 0.3) is 0 Å². The number of hydrogen-bond acceptors (Lipinski definition) is 2. The molecular formula is C8H17NO2. The van der Waals surface area contributed by atoms with Gasteiger partial charge in [0.25, 0.3) is 0 Å². The third-order valence-electron chi connectivity index (χ3n) is 1.74. The van der Waals surface area contributed by atoms with Crippen LogP contribution < -0.4 is 5.73 Å². The quantitative estimate of drug-likeness (QED) is 0.573. The number of unbranched alkanes of at least 4 members (excludes halogenated alkanes) is 1. The van der Waals surface area contributed by atoms with E-state index in [1.165, 1.54) is 0 Å². The largest absolute Gasteiger partial charge is 0.481 e. The van der Waals surface area contributed by atoms with Gasteiger partial charge in [0.05, 0.1) is 0 Å². The molecule has 0 fully saturated rings. The molecule has 0 bridgehead atoms. The van der Waals surface area contributed by atoms with E-state index in [0.29, 0.717) is 12.5 Å². The van der Waals surface area contributed by atoms with Crippen molar-refractivity contribution in [1.29, 1.82) is 0 Å². The second kappa shape index (κ2) is 6.16. The summed E-state index contributed by atoms with van der Waals surface area (Å²) in [4.78, 5) is 10.1. The molecule has 3 nitrogen and oxygen atoms in total. The zero-order valence-corrected chi connectivity index (χ0v) is 7.05. The molecule has 11 heavy (non-hydrogen) atoms. The Kier molecular flexibility index (Phi) is 5.84. The molecule has 0 aliphatic rings. The van der Waals surface area contributed by atoms with E-state index < -0.39 is 5.97 Å². The summed E-state index contributed by atoms with van der Waals surface area (Å²) in [5.74, 6) is -0.172. The minimum Gasteiger partial charge on any atom is -0.481 e. The third-order valence-corrected chi connectivity index (χ3v) is 1.74. The summed E-state index contributed by atoms with van der Waals surface area (Å²) >= 11 is 0. The Balaban J connectivity index is 3.08. The van der Waals surface area contributed by atoms with E-state index >= 15 is 0 Å². The Morgan fingerprint density at radius 2 is 2.18 bits per heavy atom. The van der Waals surface area contributed by atoms with Crippen molar-refractivity contribution in [3.63, 3.8) is 0 Å². The first kappa shape index (κ1) is 10.4. The first-order valence-electron chi connectivity index (χ1n) is 4.08. The van der Waals surface area contributed by atoms with Crippen LogP contribution in [-0.2, 0) is 4.79 Å². The van der Waals surface area contributed by atoms with E-state index in [-0.39, 0.29) is 6.42 Å². The Hall–Kier alpha value is -0.570. The Morgan fingerprint density at radius 1 is 1.55 bits per heavy atom. The normalized spacial score (nSPS) is 12.9. The Bertz CT molecular complexity index is 115. The minimum atomic E-state index is -0.703. The summed E-state index contributed by atoms with van der Waals surface area (Å²) in [6.07, 6.45) is 3.09. The molecule has 0 aromatic carbocycles. The monoisotopic (exact) mass is 159 g/mol. The zero-order valence-electron chi connectivity index (χ0n) is 7.05. The summed E-state index contributed by atoms with van der Waals surface area (Å²) in [6, 6.07) is 0. The van der Waals surface area contributed by atoms with Crippen molar-refractivity contribution in [2.75, 3.05) is 6.54 Å². The smallest absolute Gasteiger partial charge is 0.303 e. The summed E-state index contributed by atoms with van der Waals surface area (Å²) in [7, 11) is 0. The molecule has 0 heterocycles. The lowest BCUT2D eigenvalue weighted by Gasteiger charge is -2.05. The lowest BCUT2D eigenvalue weighted by atomic mass is 10.0. The van der Waals surface area contributed by atoms with Crippen molar-refractivity contribution in [3.05, 3.63) is 0 Å². The van der Waals surface area contributed by atoms with Crippen LogP contribution in [0.2, 0.25) is 0 Å². The highest BCUT2D eigenvalue weighted by Crippen LogP contribution is 2.07. The molecule has 1 atom stereocenters. The number of nitrogens with two attached hydrogens (primary N) is 1. The van der Waals surface area contributed by atoms with Crippen LogP contribution in [-0.4, -0.2) is 17.6 Å². The Morgan fingerprint density at radius 3 is 2.64 bits per heavy atom. The molecule has 0 saturated heterocycles. The zero-order chi connectivity index (χ0) is 8.69. The van der Waals surface area contributed by atoms with Gasteiger partial charge in [-0.15, -0.1) is 0 Å². The minimum absolute atomic E-state index is 0.289. The fraction of sp³-hybridized carbons (Fsp3) is 0.875. The number of carboxylic acid groups (broad SMARTS) is 1. The molecule has 3 heteroatoms. The second-order valence-electron chi connectivity index (χ2n) is 2.98. The van der Waals surface area contributed by atoms with Crippen molar-refractivity contribution in [2.24, 2.45) is 11.7 Å². The molecule has 0 aromatic heterocycles. The SMILES string of the molecule is C[C@H](CN)CCCCC(=O)O. The molecule has 0 aliphatic heterocycles. The molecule has 0 aliphatic carbocycles. The second-order valence-corrected chi connectivity index (χ2v) is 2.98. The van der Waals surface area contributed by atoms with Gasteiger partial charge in [-0.05, 0) is 25.3 Å². The summed E-state index contributed by atoms with van der Waals surface area (Å²) in [6.45, 7) is 2.79.